The van der Waals surface area contributed by atoms with Crippen molar-refractivity contribution in [1.82, 2.24) is 0 Å². The third-order valence-electron chi connectivity index (χ3n) is 3.06. The smallest absolute Gasteiger partial charge is 0.0178 e. The van der Waals surface area contributed by atoms with Crippen molar-refractivity contribution in [2.45, 2.75) is 0 Å². The zero-order chi connectivity index (χ0) is 12.2. The van der Waals surface area contributed by atoms with Crippen LogP contribution in [0, 0.1) is 0 Å². The molecule has 0 aliphatic heterocycles. The fourth-order valence-electron chi connectivity index (χ4n) is 2.14. The quantitative estimate of drug-likeness (QED) is 0.503. The molecule has 0 nitrogen and oxygen atoms in total. The van der Waals surface area contributed by atoms with Crippen molar-refractivity contribution in [3.8, 4) is 0 Å². The van der Waals surface area contributed by atoms with Crippen molar-refractivity contribution in [1.29, 1.82) is 0 Å². The van der Waals surface area contributed by atoms with Crippen LogP contribution in [0.25, 0.3) is 21.5 Å². The van der Waals surface area contributed by atoms with Gasteiger partial charge in [-0.25, -0.2) is 0 Å². The molecule has 86 valence electrons. The van der Waals surface area contributed by atoms with Crippen molar-refractivity contribution in [3.05, 3.63) is 84.9 Å². The summed E-state index contributed by atoms with van der Waals surface area (Å²) in [5, 5.41) is 5.08. The highest BCUT2D eigenvalue weighted by molar-refractivity contribution is 5.97. The van der Waals surface area contributed by atoms with E-state index in [1.54, 1.807) is 0 Å². The number of fused-ring (bicyclic) bond motifs is 2. The monoisotopic (exact) mass is 230 g/mol. The molecule has 0 saturated carbocycles. The van der Waals surface area contributed by atoms with Gasteiger partial charge in [-0.15, -0.1) is 0 Å². The first-order chi connectivity index (χ1) is 8.93. The Morgan fingerprint density at radius 1 is 0.333 bits per heavy atom. The molecule has 0 atom stereocenters. The number of hydrogen-bond donors (Lipinski definition) is 0. The van der Waals surface area contributed by atoms with Crippen molar-refractivity contribution < 1.29 is 0 Å². The predicted molar refractivity (Wildman–Crippen MR) is 79.1 cm³/mol. The minimum atomic E-state index is 1.25. The summed E-state index contributed by atoms with van der Waals surface area (Å²) >= 11 is 0. The fraction of sp³-hybridized carbons (Fsp3) is 0. The third kappa shape index (κ3) is 2.18. The number of hydrogen-bond acceptors (Lipinski definition) is 0. The highest BCUT2D eigenvalue weighted by atomic mass is 14.0. The molecule has 3 rings (SSSR count). The van der Waals surface area contributed by atoms with Gasteiger partial charge < -0.3 is 0 Å². The molecule has 0 aliphatic carbocycles. The summed E-state index contributed by atoms with van der Waals surface area (Å²) in [5.41, 5.74) is 0. The van der Waals surface area contributed by atoms with Gasteiger partial charge in [-0.2, -0.15) is 0 Å². The van der Waals surface area contributed by atoms with E-state index in [4.69, 9.17) is 0 Å². The summed E-state index contributed by atoms with van der Waals surface area (Å²) in [6, 6.07) is 29.6. The molecule has 0 heteroatoms. The predicted octanol–water partition coefficient (Wildman–Crippen LogP) is 5.12. The zero-order valence-corrected chi connectivity index (χ0v) is 10.1. The molecule has 18 heavy (non-hydrogen) atoms. The van der Waals surface area contributed by atoms with Crippen LogP contribution in [0.3, 0.4) is 0 Å². The lowest BCUT2D eigenvalue weighted by atomic mass is 10.1. The van der Waals surface area contributed by atoms with E-state index in [1.165, 1.54) is 21.5 Å². The molecule has 0 aliphatic rings. The Bertz CT molecular complexity index is 675. The van der Waals surface area contributed by atoms with E-state index < -0.39 is 0 Å². The van der Waals surface area contributed by atoms with Crippen molar-refractivity contribution in [3.63, 3.8) is 0 Å². The average Bonchev–Trinajstić information content (AvgIpc) is 2.42. The maximum absolute atomic E-state index is 2.24. The van der Waals surface area contributed by atoms with Crippen LogP contribution >= 0.6 is 0 Å². The van der Waals surface area contributed by atoms with E-state index in [1.807, 2.05) is 12.1 Å². The van der Waals surface area contributed by atoms with Gasteiger partial charge in [-0.3, -0.25) is 0 Å². The van der Waals surface area contributed by atoms with E-state index in [0.29, 0.717) is 0 Å². The molecule has 0 saturated heterocycles. The van der Waals surface area contributed by atoms with Crippen LogP contribution in [0.4, 0.5) is 0 Å². The minimum Gasteiger partial charge on any atom is -0.0623 e. The third-order valence-corrected chi connectivity index (χ3v) is 3.06. The second kappa shape index (κ2) is 4.89. The zero-order valence-electron chi connectivity index (χ0n) is 10.1. The summed E-state index contributed by atoms with van der Waals surface area (Å²) in [6.45, 7) is 0. The molecular formula is C18H14. The molecule has 0 heterocycles. The molecule has 3 aromatic rings. The van der Waals surface area contributed by atoms with Crippen LogP contribution in [0.1, 0.15) is 0 Å². The Kier molecular flexibility index (Phi) is 2.93. The molecule has 0 fully saturated rings. The van der Waals surface area contributed by atoms with Gasteiger partial charge in [-0.05, 0) is 33.7 Å². The van der Waals surface area contributed by atoms with E-state index >= 15 is 0 Å². The van der Waals surface area contributed by atoms with E-state index in [2.05, 4.69) is 72.8 Å². The summed E-state index contributed by atoms with van der Waals surface area (Å²) in [4.78, 5) is 0. The Morgan fingerprint density at radius 2 is 0.611 bits per heavy atom. The number of rotatable bonds is 0. The summed E-state index contributed by atoms with van der Waals surface area (Å²) in [7, 11) is 0. The standard InChI is InChI=1S/C18H14/c1-2-4-6-10-16-14-18-12-8-7-11-17(18)13-15(16)9-5-3-1/h1-14H. The Hall–Kier alpha value is -2.34. The van der Waals surface area contributed by atoms with Gasteiger partial charge in [0, 0.05) is 0 Å². The molecule has 0 aromatic heterocycles. The lowest BCUT2D eigenvalue weighted by molar-refractivity contribution is 1.75. The van der Waals surface area contributed by atoms with Crippen LogP contribution in [-0.4, -0.2) is 0 Å². The normalized spacial score (nSPS) is 10.2. The molecule has 0 N–H and O–H groups in total. The SMILES string of the molecule is c1ccccc2cc3ccccc3cc2ccc1. The van der Waals surface area contributed by atoms with Crippen LogP contribution < -0.4 is 0 Å². The Morgan fingerprint density at radius 3 is 1.00 bits per heavy atom. The van der Waals surface area contributed by atoms with Crippen molar-refractivity contribution >= 4 is 21.5 Å². The summed E-state index contributed by atoms with van der Waals surface area (Å²) in [6.07, 6.45) is 0. The molecule has 0 bridgehead atoms. The van der Waals surface area contributed by atoms with Gasteiger partial charge in [0.15, 0.2) is 0 Å². The Balaban J connectivity index is 2.42. The molecule has 0 amide bonds. The minimum absolute atomic E-state index is 1.25. The van der Waals surface area contributed by atoms with Gasteiger partial charge in [-0.1, -0.05) is 72.8 Å². The van der Waals surface area contributed by atoms with Crippen LogP contribution in [-0.2, 0) is 0 Å². The van der Waals surface area contributed by atoms with Crippen molar-refractivity contribution in [2.24, 2.45) is 0 Å². The van der Waals surface area contributed by atoms with Gasteiger partial charge >= 0.3 is 0 Å². The summed E-state index contributed by atoms with van der Waals surface area (Å²) in [5.74, 6) is 0. The second-order valence-electron chi connectivity index (χ2n) is 4.32. The van der Waals surface area contributed by atoms with Gasteiger partial charge in [0.2, 0.25) is 0 Å². The first-order valence-electron chi connectivity index (χ1n) is 6.14. The van der Waals surface area contributed by atoms with E-state index in [0.717, 1.165) is 0 Å². The second-order valence-corrected chi connectivity index (χ2v) is 4.32. The maximum Gasteiger partial charge on any atom is -0.0178 e. The maximum atomic E-state index is 2.24. The van der Waals surface area contributed by atoms with Crippen LogP contribution in [0.2, 0.25) is 0 Å². The molecule has 0 radical (unpaired) electrons. The van der Waals surface area contributed by atoms with E-state index in [-0.39, 0.29) is 0 Å². The van der Waals surface area contributed by atoms with Gasteiger partial charge in [0.1, 0.15) is 0 Å². The molecular weight excluding hydrogens is 216 g/mol. The molecule has 0 spiro atoms. The van der Waals surface area contributed by atoms with Gasteiger partial charge in [0.25, 0.3) is 0 Å². The van der Waals surface area contributed by atoms with Crippen molar-refractivity contribution in [2.75, 3.05) is 0 Å². The highest BCUT2D eigenvalue weighted by Crippen LogP contribution is 2.21. The van der Waals surface area contributed by atoms with Crippen LogP contribution in [0.5, 0.6) is 0 Å². The van der Waals surface area contributed by atoms with Crippen LogP contribution in [0.15, 0.2) is 84.9 Å². The lowest BCUT2D eigenvalue weighted by Crippen LogP contribution is -1.73. The average molecular weight is 230 g/mol. The van der Waals surface area contributed by atoms with E-state index in [9.17, 15) is 0 Å². The fourth-order valence-corrected chi connectivity index (χ4v) is 2.14. The molecule has 0 unspecified atom stereocenters. The molecule has 3 aromatic carbocycles. The highest BCUT2D eigenvalue weighted by Gasteiger charge is 1.94. The summed E-state index contributed by atoms with van der Waals surface area (Å²) < 4.78 is 0. The largest absolute Gasteiger partial charge is 0.0623 e. The first kappa shape index (κ1) is 10.8. The number of benzene rings is 2. The first-order valence-corrected chi connectivity index (χ1v) is 6.14. The topological polar surface area (TPSA) is 0 Å². The Labute approximate surface area is 107 Å². The van der Waals surface area contributed by atoms with Gasteiger partial charge in [0.05, 0.1) is 0 Å². The lowest BCUT2D eigenvalue weighted by Gasteiger charge is -1.99.